The summed E-state index contributed by atoms with van der Waals surface area (Å²) in [6.45, 7) is 0.461. The van der Waals surface area contributed by atoms with Crippen molar-refractivity contribution >= 4 is 16.5 Å². The van der Waals surface area contributed by atoms with Gasteiger partial charge in [-0.3, -0.25) is 0 Å². The zero-order valence-corrected chi connectivity index (χ0v) is 8.47. The molecule has 0 saturated carbocycles. The zero-order chi connectivity index (χ0) is 10.4. The first-order chi connectivity index (χ1) is 7.24. The predicted molar refractivity (Wildman–Crippen MR) is 56.3 cm³/mol. The van der Waals surface area contributed by atoms with Crippen molar-refractivity contribution in [3.8, 4) is 17.0 Å². The van der Waals surface area contributed by atoms with Crippen LogP contribution >= 0.6 is 11.3 Å². The summed E-state index contributed by atoms with van der Waals surface area (Å²) < 4.78 is 18.6. The first-order valence-electron chi connectivity index (χ1n) is 4.42. The second-order valence-corrected chi connectivity index (χ2v) is 4.37. The molecule has 2 N–H and O–H groups in total. The largest absolute Gasteiger partial charge is 0.487 e. The molecule has 0 bridgehead atoms. The highest BCUT2D eigenvalue weighted by Crippen LogP contribution is 2.40. The molecule has 0 saturated heterocycles. The van der Waals surface area contributed by atoms with Crippen molar-refractivity contribution in [2.45, 2.75) is 6.61 Å². The molecule has 1 aromatic heterocycles. The Labute approximate surface area is 89.3 Å². The monoisotopic (exact) mass is 222 g/mol. The fourth-order valence-electron chi connectivity index (χ4n) is 1.63. The minimum Gasteiger partial charge on any atom is -0.487 e. The van der Waals surface area contributed by atoms with E-state index in [0.29, 0.717) is 23.1 Å². The van der Waals surface area contributed by atoms with E-state index in [4.69, 9.17) is 10.5 Å². The van der Waals surface area contributed by atoms with Crippen LogP contribution in [0.3, 0.4) is 0 Å². The highest BCUT2D eigenvalue weighted by atomic mass is 32.1. The number of nitrogen functional groups attached to an aromatic ring is 1. The molecule has 0 radical (unpaired) electrons. The van der Waals surface area contributed by atoms with E-state index in [9.17, 15) is 4.39 Å². The summed E-state index contributed by atoms with van der Waals surface area (Å²) >= 11 is 1.38. The Bertz CT molecular complexity index is 538. The van der Waals surface area contributed by atoms with Crippen molar-refractivity contribution in [3.05, 3.63) is 28.9 Å². The molecule has 0 aliphatic carbocycles. The lowest BCUT2D eigenvalue weighted by Crippen LogP contribution is -2.03. The second kappa shape index (κ2) is 2.93. The predicted octanol–water partition coefficient (Wildman–Crippen LogP) is 2.42. The van der Waals surface area contributed by atoms with Crippen molar-refractivity contribution in [2.75, 3.05) is 5.73 Å². The third-order valence-electron chi connectivity index (χ3n) is 2.27. The lowest BCUT2D eigenvalue weighted by atomic mass is 10.1. The van der Waals surface area contributed by atoms with Gasteiger partial charge in [0.25, 0.3) is 0 Å². The summed E-state index contributed by atoms with van der Waals surface area (Å²) in [6, 6.07) is 4.41. The molecule has 1 aliphatic heterocycles. The van der Waals surface area contributed by atoms with E-state index >= 15 is 0 Å². The number of thiazole rings is 1. The molecule has 76 valence electrons. The van der Waals surface area contributed by atoms with E-state index in [1.807, 2.05) is 0 Å². The van der Waals surface area contributed by atoms with Gasteiger partial charge in [-0.05, 0) is 18.2 Å². The smallest absolute Gasteiger partial charge is 0.180 e. The molecule has 0 atom stereocenters. The number of halogens is 1. The maximum absolute atomic E-state index is 13.1. The molecule has 3 rings (SSSR count). The molecule has 0 spiro atoms. The lowest BCUT2D eigenvalue weighted by molar-refractivity contribution is 0.305. The summed E-state index contributed by atoms with van der Waals surface area (Å²) in [6.07, 6.45) is 0. The van der Waals surface area contributed by atoms with Gasteiger partial charge >= 0.3 is 0 Å². The SMILES string of the molecule is Nc1nc2c(s1)COc1ccc(F)cc1-2. The maximum Gasteiger partial charge on any atom is 0.180 e. The third kappa shape index (κ3) is 1.27. The van der Waals surface area contributed by atoms with Gasteiger partial charge in [0, 0.05) is 5.56 Å². The van der Waals surface area contributed by atoms with Crippen molar-refractivity contribution < 1.29 is 9.13 Å². The van der Waals surface area contributed by atoms with Gasteiger partial charge in [-0.25, -0.2) is 9.37 Å². The quantitative estimate of drug-likeness (QED) is 0.744. The minimum atomic E-state index is -0.295. The van der Waals surface area contributed by atoms with Crippen LogP contribution in [0.15, 0.2) is 18.2 Å². The van der Waals surface area contributed by atoms with Gasteiger partial charge in [-0.2, -0.15) is 0 Å². The number of nitrogens with two attached hydrogens (primary N) is 1. The van der Waals surface area contributed by atoms with E-state index < -0.39 is 0 Å². The summed E-state index contributed by atoms with van der Waals surface area (Å²) in [7, 11) is 0. The van der Waals surface area contributed by atoms with Crippen LogP contribution in [0, 0.1) is 5.82 Å². The second-order valence-electron chi connectivity index (χ2n) is 3.25. The van der Waals surface area contributed by atoms with Crippen LogP contribution in [0.25, 0.3) is 11.3 Å². The number of hydrogen-bond acceptors (Lipinski definition) is 4. The number of hydrogen-bond donors (Lipinski definition) is 1. The van der Waals surface area contributed by atoms with E-state index in [1.165, 1.54) is 23.5 Å². The molecule has 2 heterocycles. The Morgan fingerprint density at radius 3 is 3.20 bits per heavy atom. The molecule has 0 fully saturated rings. The molecule has 0 unspecified atom stereocenters. The molecule has 3 nitrogen and oxygen atoms in total. The normalized spacial score (nSPS) is 12.9. The number of rotatable bonds is 0. The van der Waals surface area contributed by atoms with Crippen molar-refractivity contribution in [1.29, 1.82) is 0 Å². The van der Waals surface area contributed by atoms with Gasteiger partial charge in [0.2, 0.25) is 0 Å². The highest BCUT2D eigenvalue weighted by molar-refractivity contribution is 7.15. The number of ether oxygens (including phenoxy) is 1. The van der Waals surface area contributed by atoms with Crippen LogP contribution in [0.4, 0.5) is 9.52 Å². The molecule has 5 heteroatoms. The Balaban J connectivity index is 2.27. The van der Waals surface area contributed by atoms with Crippen LogP contribution < -0.4 is 10.5 Å². The molecule has 2 aromatic rings. The summed E-state index contributed by atoms with van der Waals surface area (Å²) in [5.74, 6) is 0.367. The third-order valence-corrected chi connectivity index (χ3v) is 3.13. The van der Waals surface area contributed by atoms with Gasteiger partial charge < -0.3 is 10.5 Å². The van der Waals surface area contributed by atoms with Crippen LogP contribution in [-0.4, -0.2) is 4.98 Å². The van der Waals surface area contributed by atoms with E-state index in [0.717, 1.165) is 10.6 Å². The fourth-order valence-corrected chi connectivity index (χ4v) is 2.39. The van der Waals surface area contributed by atoms with Gasteiger partial charge in [0.1, 0.15) is 18.2 Å². The fraction of sp³-hybridized carbons (Fsp3) is 0.100. The van der Waals surface area contributed by atoms with Gasteiger partial charge in [-0.15, -0.1) is 0 Å². The molecule has 0 amide bonds. The van der Waals surface area contributed by atoms with Crippen molar-refractivity contribution in [2.24, 2.45) is 0 Å². The summed E-state index contributed by atoms with van der Waals surface area (Å²) in [5.41, 5.74) is 7.04. The van der Waals surface area contributed by atoms with Crippen LogP contribution in [0.2, 0.25) is 0 Å². The van der Waals surface area contributed by atoms with E-state index in [-0.39, 0.29) is 5.82 Å². The van der Waals surface area contributed by atoms with E-state index in [1.54, 1.807) is 6.07 Å². The van der Waals surface area contributed by atoms with Crippen LogP contribution in [0.1, 0.15) is 4.88 Å². The Morgan fingerprint density at radius 2 is 2.33 bits per heavy atom. The number of anilines is 1. The number of benzene rings is 1. The minimum absolute atomic E-state index is 0.295. The summed E-state index contributed by atoms with van der Waals surface area (Å²) in [5, 5.41) is 0.487. The molecular formula is C10H7FN2OS. The molecule has 1 aromatic carbocycles. The number of fused-ring (bicyclic) bond motifs is 3. The number of aromatic nitrogens is 1. The average Bonchev–Trinajstić information content (AvgIpc) is 2.58. The Hall–Kier alpha value is -1.62. The Kier molecular flexibility index (Phi) is 1.70. The number of nitrogens with zero attached hydrogens (tertiary/aromatic N) is 1. The van der Waals surface area contributed by atoms with Crippen LogP contribution in [0.5, 0.6) is 5.75 Å². The highest BCUT2D eigenvalue weighted by Gasteiger charge is 2.21. The van der Waals surface area contributed by atoms with Crippen LogP contribution in [-0.2, 0) is 6.61 Å². The van der Waals surface area contributed by atoms with Crippen molar-refractivity contribution in [3.63, 3.8) is 0 Å². The standard InChI is InChI=1S/C10H7FN2OS/c11-5-1-2-7-6(3-5)9-8(4-14-7)15-10(12)13-9/h1-3H,4H2,(H2,12,13). The molecular weight excluding hydrogens is 215 g/mol. The Morgan fingerprint density at radius 1 is 1.47 bits per heavy atom. The molecule has 1 aliphatic rings. The van der Waals surface area contributed by atoms with Gasteiger partial charge in [0.15, 0.2) is 5.13 Å². The average molecular weight is 222 g/mol. The first-order valence-corrected chi connectivity index (χ1v) is 5.23. The lowest BCUT2D eigenvalue weighted by Gasteiger charge is -2.15. The zero-order valence-electron chi connectivity index (χ0n) is 7.66. The van der Waals surface area contributed by atoms with E-state index in [2.05, 4.69) is 4.98 Å². The molecule has 15 heavy (non-hydrogen) atoms. The topological polar surface area (TPSA) is 48.1 Å². The maximum atomic E-state index is 13.1. The van der Waals surface area contributed by atoms with Crippen molar-refractivity contribution in [1.82, 2.24) is 4.98 Å². The summed E-state index contributed by atoms with van der Waals surface area (Å²) in [4.78, 5) is 5.13. The van der Waals surface area contributed by atoms with Gasteiger partial charge in [0.05, 0.1) is 10.6 Å². The first kappa shape index (κ1) is 8.67. The van der Waals surface area contributed by atoms with Gasteiger partial charge in [-0.1, -0.05) is 11.3 Å².